The summed E-state index contributed by atoms with van der Waals surface area (Å²) in [5.74, 6) is 0.781. The molecule has 0 aliphatic rings. The molecule has 1 aromatic heterocycles. The topological polar surface area (TPSA) is 67.2 Å². The lowest BCUT2D eigenvalue weighted by Crippen LogP contribution is -2.27. The number of hydrogen-bond acceptors (Lipinski definition) is 4. The first-order valence-electron chi connectivity index (χ1n) is 5.12. The summed E-state index contributed by atoms with van der Waals surface area (Å²) in [6, 6.07) is 1.81. The average Bonchev–Trinajstić information content (AvgIpc) is 2.62. The molecule has 0 saturated heterocycles. The molecule has 0 radical (unpaired) electrons. The van der Waals surface area contributed by atoms with Gasteiger partial charge in [-0.25, -0.2) is 0 Å². The van der Waals surface area contributed by atoms with E-state index in [9.17, 15) is 4.79 Å². The molecule has 1 heterocycles. The Balaban J connectivity index is 2.16. The first-order chi connectivity index (χ1) is 7.22. The van der Waals surface area contributed by atoms with Crippen LogP contribution in [-0.2, 0) is 11.3 Å². The van der Waals surface area contributed by atoms with Crippen LogP contribution >= 0.6 is 0 Å². The van der Waals surface area contributed by atoms with Crippen molar-refractivity contribution in [1.29, 1.82) is 0 Å². The number of rotatable bonds is 6. The van der Waals surface area contributed by atoms with E-state index in [2.05, 4.69) is 15.8 Å². The Kier molecular flexibility index (Phi) is 4.83. The normalized spacial score (nSPS) is 10.3. The molecule has 0 aliphatic carbocycles. The zero-order valence-corrected chi connectivity index (χ0v) is 9.17. The van der Waals surface area contributed by atoms with Gasteiger partial charge in [0.25, 0.3) is 0 Å². The average molecular weight is 211 g/mol. The summed E-state index contributed by atoms with van der Waals surface area (Å²) in [4.78, 5) is 11.3. The van der Waals surface area contributed by atoms with Crippen molar-refractivity contribution in [2.75, 3.05) is 13.1 Å². The number of amides is 1. The number of aryl methyl sites for hydroxylation is 1. The van der Waals surface area contributed by atoms with Crippen molar-refractivity contribution in [3.05, 3.63) is 17.5 Å². The molecule has 0 aromatic carbocycles. The second kappa shape index (κ2) is 6.19. The van der Waals surface area contributed by atoms with E-state index in [0.717, 1.165) is 18.0 Å². The van der Waals surface area contributed by atoms with Gasteiger partial charge in [-0.2, -0.15) is 0 Å². The summed E-state index contributed by atoms with van der Waals surface area (Å²) in [5, 5.41) is 9.64. The smallest absolute Gasteiger partial charge is 0.221 e. The van der Waals surface area contributed by atoms with E-state index < -0.39 is 0 Å². The van der Waals surface area contributed by atoms with Crippen molar-refractivity contribution in [2.45, 2.75) is 26.8 Å². The molecule has 1 aromatic rings. The Morgan fingerprint density at radius 3 is 3.00 bits per heavy atom. The van der Waals surface area contributed by atoms with Crippen LogP contribution in [0.4, 0.5) is 0 Å². The molecule has 5 heteroatoms. The molecule has 84 valence electrons. The van der Waals surface area contributed by atoms with Crippen LogP contribution in [0, 0.1) is 6.92 Å². The van der Waals surface area contributed by atoms with Crippen molar-refractivity contribution >= 4 is 5.91 Å². The summed E-state index contributed by atoms with van der Waals surface area (Å²) in [6.45, 7) is 5.86. The number of carbonyl (C=O) groups is 1. The number of nitrogens with zero attached hydrogens (tertiary/aromatic N) is 1. The Labute approximate surface area is 89.2 Å². The predicted octanol–water partition coefficient (Wildman–Crippen LogP) is 0.599. The molecule has 1 rings (SSSR count). The van der Waals surface area contributed by atoms with Gasteiger partial charge in [0.05, 0.1) is 6.54 Å². The highest BCUT2D eigenvalue weighted by molar-refractivity contribution is 5.75. The molecule has 1 amide bonds. The van der Waals surface area contributed by atoms with Crippen LogP contribution in [0.2, 0.25) is 0 Å². The number of aromatic nitrogens is 1. The van der Waals surface area contributed by atoms with Crippen LogP contribution in [0.25, 0.3) is 0 Å². The highest BCUT2D eigenvalue weighted by atomic mass is 16.5. The zero-order chi connectivity index (χ0) is 11.1. The van der Waals surface area contributed by atoms with Gasteiger partial charge in [-0.1, -0.05) is 12.1 Å². The van der Waals surface area contributed by atoms with E-state index >= 15 is 0 Å². The molecule has 0 atom stereocenters. The van der Waals surface area contributed by atoms with Gasteiger partial charge in [0.1, 0.15) is 11.5 Å². The zero-order valence-electron chi connectivity index (χ0n) is 9.17. The van der Waals surface area contributed by atoms with Gasteiger partial charge in [0.15, 0.2) is 0 Å². The summed E-state index contributed by atoms with van der Waals surface area (Å²) in [7, 11) is 0. The quantitative estimate of drug-likeness (QED) is 0.676. The van der Waals surface area contributed by atoms with Crippen LogP contribution in [0.15, 0.2) is 10.6 Å². The Hall–Kier alpha value is -1.36. The third kappa shape index (κ3) is 4.60. The first-order valence-corrected chi connectivity index (χ1v) is 5.12. The molecular formula is C10H17N3O2. The van der Waals surface area contributed by atoms with Gasteiger partial charge >= 0.3 is 0 Å². The highest BCUT2D eigenvalue weighted by Crippen LogP contribution is 2.00. The van der Waals surface area contributed by atoms with Crippen LogP contribution in [-0.4, -0.2) is 24.2 Å². The molecule has 0 aliphatic heterocycles. The van der Waals surface area contributed by atoms with E-state index in [1.54, 1.807) is 0 Å². The molecule has 5 nitrogen and oxygen atoms in total. The van der Waals surface area contributed by atoms with Gasteiger partial charge in [-0.15, -0.1) is 0 Å². The number of hydrogen-bond donors (Lipinski definition) is 2. The largest absolute Gasteiger partial charge is 0.361 e. The maximum Gasteiger partial charge on any atom is 0.221 e. The van der Waals surface area contributed by atoms with Crippen molar-refractivity contribution < 1.29 is 9.32 Å². The van der Waals surface area contributed by atoms with Gasteiger partial charge in [0, 0.05) is 19.0 Å². The van der Waals surface area contributed by atoms with Crippen molar-refractivity contribution in [2.24, 2.45) is 0 Å². The minimum absolute atomic E-state index is 0.0246. The van der Waals surface area contributed by atoms with Crippen LogP contribution < -0.4 is 10.6 Å². The van der Waals surface area contributed by atoms with Crippen LogP contribution in [0.1, 0.15) is 24.8 Å². The summed E-state index contributed by atoms with van der Waals surface area (Å²) in [5.41, 5.74) is 0.754. The van der Waals surface area contributed by atoms with Crippen molar-refractivity contribution in [1.82, 2.24) is 15.8 Å². The van der Waals surface area contributed by atoms with Crippen molar-refractivity contribution in [3.8, 4) is 0 Å². The highest BCUT2D eigenvalue weighted by Gasteiger charge is 2.03. The second-order valence-electron chi connectivity index (χ2n) is 3.31. The molecule has 0 spiro atoms. The van der Waals surface area contributed by atoms with Crippen LogP contribution in [0.3, 0.4) is 0 Å². The SMILES string of the molecule is CCNCCC(=O)NCc1cc(C)on1. The van der Waals surface area contributed by atoms with E-state index in [0.29, 0.717) is 19.5 Å². The molecule has 15 heavy (non-hydrogen) atoms. The van der Waals surface area contributed by atoms with Crippen LogP contribution in [0.5, 0.6) is 0 Å². The van der Waals surface area contributed by atoms with E-state index in [1.165, 1.54) is 0 Å². The van der Waals surface area contributed by atoms with E-state index in [1.807, 2.05) is 19.9 Å². The molecule has 0 bridgehead atoms. The predicted molar refractivity (Wildman–Crippen MR) is 56.2 cm³/mol. The van der Waals surface area contributed by atoms with Gasteiger partial charge in [-0.05, 0) is 13.5 Å². The van der Waals surface area contributed by atoms with Gasteiger partial charge in [0.2, 0.25) is 5.91 Å². The van der Waals surface area contributed by atoms with Crippen molar-refractivity contribution in [3.63, 3.8) is 0 Å². The minimum atomic E-state index is 0.0246. The van der Waals surface area contributed by atoms with E-state index in [4.69, 9.17) is 4.52 Å². The monoisotopic (exact) mass is 211 g/mol. The fraction of sp³-hybridized carbons (Fsp3) is 0.600. The summed E-state index contributed by atoms with van der Waals surface area (Å²) < 4.78 is 4.88. The number of carbonyl (C=O) groups excluding carboxylic acids is 1. The fourth-order valence-corrected chi connectivity index (χ4v) is 1.16. The van der Waals surface area contributed by atoms with Gasteiger partial charge < -0.3 is 15.2 Å². The summed E-state index contributed by atoms with van der Waals surface area (Å²) >= 11 is 0. The Morgan fingerprint density at radius 1 is 1.60 bits per heavy atom. The third-order valence-electron chi connectivity index (χ3n) is 1.92. The Bertz CT molecular complexity index is 309. The second-order valence-corrected chi connectivity index (χ2v) is 3.31. The first kappa shape index (κ1) is 11.7. The lowest BCUT2D eigenvalue weighted by molar-refractivity contribution is -0.121. The molecule has 2 N–H and O–H groups in total. The molecule has 0 fully saturated rings. The lowest BCUT2D eigenvalue weighted by Gasteiger charge is -2.02. The van der Waals surface area contributed by atoms with Gasteiger partial charge in [-0.3, -0.25) is 4.79 Å². The standard InChI is InChI=1S/C10H17N3O2/c1-3-11-5-4-10(14)12-7-9-6-8(2)15-13-9/h6,11H,3-5,7H2,1-2H3,(H,12,14). The molecule has 0 saturated carbocycles. The lowest BCUT2D eigenvalue weighted by atomic mass is 10.3. The molecular weight excluding hydrogens is 194 g/mol. The number of nitrogens with one attached hydrogen (secondary N) is 2. The maximum absolute atomic E-state index is 11.3. The minimum Gasteiger partial charge on any atom is -0.361 e. The Morgan fingerprint density at radius 2 is 2.40 bits per heavy atom. The van der Waals surface area contributed by atoms with E-state index in [-0.39, 0.29) is 5.91 Å². The fourth-order valence-electron chi connectivity index (χ4n) is 1.16. The summed E-state index contributed by atoms with van der Waals surface area (Å²) in [6.07, 6.45) is 0.491. The third-order valence-corrected chi connectivity index (χ3v) is 1.92. The molecule has 0 unspecified atom stereocenters. The maximum atomic E-state index is 11.3.